The molecule has 0 aliphatic carbocycles. The summed E-state index contributed by atoms with van der Waals surface area (Å²) in [7, 11) is 0. The average molecular weight is 488 g/mol. The highest BCUT2D eigenvalue weighted by Crippen LogP contribution is 2.11. The summed E-state index contributed by atoms with van der Waals surface area (Å²) in [5.41, 5.74) is 0. The number of hydrogen-bond donors (Lipinski definition) is 3. The third kappa shape index (κ3) is 22.6. The van der Waals surface area contributed by atoms with Crippen molar-refractivity contribution < 1.29 is 29.6 Å². The number of nitrogens with zero attached hydrogens (tertiary/aromatic N) is 1. The molecular weight excluding hydrogens is 434 g/mol. The Bertz CT molecular complexity index is 474. The molecule has 0 saturated carbocycles. The van der Waals surface area contributed by atoms with Crippen LogP contribution in [0.1, 0.15) is 122 Å². The molecule has 0 radical (unpaired) electrons. The number of carbonyl (C=O) groups excluding carboxylic acids is 1. The van der Waals surface area contributed by atoms with Gasteiger partial charge in [0.2, 0.25) is 0 Å². The number of esters is 1. The van der Waals surface area contributed by atoms with E-state index in [-0.39, 0.29) is 12.6 Å². The van der Waals surface area contributed by atoms with E-state index in [1.54, 1.807) is 0 Å². The number of carboxylic acid groups (broad SMARTS) is 1. The first-order chi connectivity index (χ1) is 16.5. The largest absolute Gasteiger partial charge is 0.479 e. The van der Waals surface area contributed by atoms with Crippen molar-refractivity contribution in [2.75, 3.05) is 32.8 Å². The number of rotatable bonds is 26. The number of carboxylic acids is 1. The highest BCUT2D eigenvalue weighted by Gasteiger charge is 2.11. The first-order valence-corrected chi connectivity index (χ1v) is 13.9. The van der Waals surface area contributed by atoms with Crippen LogP contribution in [-0.4, -0.2) is 71.1 Å². The number of unbranched alkanes of at least 4 members (excludes halogenated alkanes) is 13. The smallest absolute Gasteiger partial charge is 0.332 e. The molecule has 7 nitrogen and oxygen atoms in total. The fourth-order valence-electron chi connectivity index (χ4n) is 4.08. The summed E-state index contributed by atoms with van der Waals surface area (Å²) in [6, 6.07) is 0. The highest BCUT2D eigenvalue weighted by atomic mass is 16.5. The van der Waals surface area contributed by atoms with E-state index in [2.05, 4.69) is 11.8 Å². The van der Waals surface area contributed by atoms with Gasteiger partial charge in [-0.2, -0.15) is 0 Å². The van der Waals surface area contributed by atoms with Crippen molar-refractivity contribution in [2.45, 2.75) is 129 Å². The Kier molecular flexibility index (Phi) is 24.1. The molecule has 0 amide bonds. The molecule has 0 aromatic rings. The van der Waals surface area contributed by atoms with E-state index < -0.39 is 12.1 Å². The van der Waals surface area contributed by atoms with Gasteiger partial charge in [0.05, 0.1) is 13.2 Å². The molecule has 0 aliphatic heterocycles. The Morgan fingerprint density at radius 1 is 0.735 bits per heavy atom. The van der Waals surface area contributed by atoms with Crippen molar-refractivity contribution in [3.63, 3.8) is 0 Å². The van der Waals surface area contributed by atoms with E-state index in [9.17, 15) is 19.8 Å². The van der Waals surface area contributed by atoms with Crippen molar-refractivity contribution in [2.24, 2.45) is 0 Å². The van der Waals surface area contributed by atoms with Crippen molar-refractivity contribution >= 4 is 11.9 Å². The van der Waals surface area contributed by atoms with Gasteiger partial charge in [-0.3, -0.25) is 4.79 Å². The van der Waals surface area contributed by atoms with Crippen molar-refractivity contribution in [3.05, 3.63) is 0 Å². The maximum Gasteiger partial charge on any atom is 0.332 e. The third-order valence-electron chi connectivity index (χ3n) is 6.27. The molecule has 0 aliphatic rings. The molecule has 0 heterocycles. The minimum atomic E-state index is -1.24. The molecule has 202 valence electrons. The number of aliphatic hydroxyl groups is 2. The molecule has 0 saturated heterocycles. The molecule has 0 rings (SSSR count). The van der Waals surface area contributed by atoms with Crippen molar-refractivity contribution in [1.82, 2.24) is 4.90 Å². The van der Waals surface area contributed by atoms with E-state index >= 15 is 0 Å². The fourth-order valence-corrected chi connectivity index (χ4v) is 4.08. The summed E-state index contributed by atoms with van der Waals surface area (Å²) in [6.45, 7) is 5.35. The molecule has 34 heavy (non-hydrogen) atoms. The minimum Gasteiger partial charge on any atom is -0.479 e. The van der Waals surface area contributed by atoms with Crippen LogP contribution in [0.15, 0.2) is 0 Å². The van der Waals surface area contributed by atoms with Gasteiger partial charge in [0, 0.05) is 13.0 Å². The van der Waals surface area contributed by atoms with Gasteiger partial charge < -0.3 is 25.0 Å². The molecule has 0 spiro atoms. The summed E-state index contributed by atoms with van der Waals surface area (Å²) in [4.78, 5) is 24.7. The number of carbonyl (C=O) groups is 2. The van der Waals surface area contributed by atoms with E-state index in [1.807, 2.05) is 0 Å². The monoisotopic (exact) mass is 487 g/mol. The van der Waals surface area contributed by atoms with Gasteiger partial charge in [-0.25, -0.2) is 4.79 Å². The standard InChI is InChI=1S/C27H53NO6/c1-2-3-4-5-6-7-8-12-17-24-34-26(31)19-14-16-21-28(22-23-29)20-15-11-9-10-13-18-25(30)27(32)33/h25,29-30H,2-24H2,1H3,(H,32,33). The zero-order valence-corrected chi connectivity index (χ0v) is 21.9. The maximum absolute atomic E-state index is 11.9. The summed E-state index contributed by atoms with van der Waals surface area (Å²) >= 11 is 0. The summed E-state index contributed by atoms with van der Waals surface area (Å²) < 4.78 is 5.35. The molecule has 0 fully saturated rings. The first-order valence-electron chi connectivity index (χ1n) is 13.9. The van der Waals surface area contributed by atoms with Gasteiger partial charge in [0.1, 0.15) is 0 Å². The van der Waals surface area contributed by atoms with Gasteiger partial charge in [-0.15, -0.1) is 0 Å². The Labute approximate surface area is 208 Å². The van der Waals surface area contributed by atoms with Crippen LogP contribution in [0.4, 0.5) is 0 Å². The molecule has 7 heteroatoms. The zero-order valence-electron chi connectivity index (χ0n) is 21.9. The highest BCUT2D eigenvalue weighted by molar-refractivity contribution is 5.71. The van der Waals surface area contributed by atoms with Crippen LogP contribution in [0, 0.1) is 0 Å². The van der Waals surface area contributed by atoms with E-state index in [0.717, 1.165) is 70.9 Å². The van der Waals surface area contributed by atoms with Gasteiger partial charge >= 0.3 is 11.9 Å². The van der Waals surface area contributed by atoms with Crippen molar-refractivity contribution in [3.8, 4) is 0 Å². The van der Waals surface area contributed by atoms with Crippen LogP contribution < -0.4 is 0 Å². The number of aliphatic carboxylic acids is 1. The maximum atomic E-state index is 11.9. The Morgan fingerprint density at radius 3 is 1.85 bits per heavy atom. The summed E-state index contributed by atoms with van der Waals surface area (Å²) in [5, 5.41) is 27.2. The van der Waals surface area contributed by atoms with Crippen LogP contribution in [-0.2, 0) is 14.3 Å². The average Bonchev–Trinajstić information content (AvgIpc) is 2.81. The van der Waals surface area contributed by atoms with E-state index in [0.29, 0.717) is 26.0 Å². The quantitative estimate of drug-likeness (QED) is 0.112. The first kappa shape index (κ1) is 32.8. The number of ether oxygens (including phenoxy) is 1. The van der Waals surface area contributed by atoms with Gasteiger partial charge in [-0.05, 0) is 45.2 Å². The number of hydrogen-bond acceptors (Lipinski definition) is 6. The third-order valence-corrected chi connectivity index (χ3v) is 6.27. The normalized spacial score (nSPS) is 12.2. The zero-order chi connectivity index (χ0) is 25.3. The van der Waals surface area contributed by atoms with Gasteiger partial charge in [0.15, 0.2) is 6.10 Å². The predicted octanol–water partition coefficient (Wildman–Crippen LogP) is 5.31. The predicted molar refractivity (Wildman–Crippen MR) is 137 cm³/mol. The molecule has 3 N–H and O–H groups in total. The van der Waals surface area contributed by atoms with E-state index in [1.165, 1.54) is 44.9 Å². The number of aliphatic hydroxyl groups excluding tert-OH is 2. The second kappa shape index (κ2) is 24.9. The lowest BCUT2D eigenvalue weighted by atomic mass is 10.1. The van der Waals surface area contributed by atoms with Crippen molar-refractivity contribution in [1.29, 1.82) is 0 Å². The molecule has 1 atom stereocenters. The molecule has 1 unspecified atom stereocenters. The summed E-state index contributed by atoms with van der Waals surface area (Å²) in [6.07, 6.45) is 17.3. The summed E-state index contributed by atoms with van der Waals surface area (Å²) in [5.74, 6) is -1.24. The lowest BCUT2D eigenvalue weighted by Gasteiger charge is -2.21. The van der Waals surface area contributed by atoms with Gasteiger partial charge in [-0.1, -0.05) is 84.0 Å². The van der Waals surface area contributed by atoms with Crippen LogP contribution >= 0.6 is 0 Å². The second-order valence-corrected chi connectivity index (χ2v) is 9.48. The van der Waals surface area contributed by atoms with Gasteiger partial charge in [0.25, 0.3) is 0 Å². The van der Waals surface area contributed by atoms with Crippen LogP contribution in [0.3, 0.4) is 0 Å². The SMILES string of the molecule is CCCCCCCCCCCOC(=O)CCCCN(CCO)CCCCCCCC(O)C(=O)O. The molecular formula is C27H53NO6. The topological polar surface area (TPSA) is 107 Å². The minimum absolute atomic E-state index is 0.0960. The Morgan fingerprint density at radius 2 is 1.26 bits per heavy atom. The van der Waals surface area contributed by atoms with Crippen LogP contribution in [0.25, 0.3) is 0 Å². The Hall–Kier alpha value is -1.18. The lowest BCUT2D eigenvalue weighted by Crippen LogP contribution is -2.29. The molecule has 0 aromatic carbocycles. The van der Waals surface area contributed by atoms with Crippen LogP contribution in [0.5, 0.6) is 0 Å². The molecule has 0 aromatic heterocycles. The Balaban J connectivity index is 3.59. The van der Waals surface area contributed by atoms with E-state index in [4.69, 9.17) is 9.84 Å². The van der Waals surface area contributed by atoms with Crippen LogP contribution in [0.2, 0.25) is 0 Å². The fraction of sp³-hybridized carbons (Fsp3) is 0.926. The molecule has 0 bridgehead atoms. The lowest BCUT2D eigenvalue weighted by molar-refractivity contribution is -0.147. The second-order valence-electron chi connectivity index (χ2n) is 9.48.